The zero-order valence-corrected chi connectivity index (χ0v) is 87.7. The van der Waals surface area contributed by atoms with Crippen LogP contribution in [-0.4, -0.2) is 396 Å². The number of hydrogen-bond acceptors (Lipinski definition) is 37. The Morgan fingerprint density at radius 1 is 0.401 bits per heavy atom. The summed E-state index contributed by atoms with van der Waals surface area (Å²) in [5.74, 6) is 3.73. The number of allylic oxidation sites excluding steroid dienone is 2. The van der Waals surface area contributed by atoms with Crippen molar-refractivity contribution in [1.82, 2.24) is 97.6 Å². The highest BCUT2D eigenvalue weighted by atomic mass is 32.2. The van der Waals surface area contributed by atoms with Gasteiger partial charge in [0, 0.05) is 19.5 Å². The van der Waals surface area contributed by atoms with Gasteiger partial charge in [0.05, 0.1) is 69.3 Å². The molecule has 5 saturated heterocycles. The molecule has 20 atom stereocenters. The lowest BCUT2D eigenvalue weighted by Gasteiger charge is -2.18. The van der Waals surface area contributed by atoms with Gasteiger partial charge in [-0.1, -0.05) is 62.3 Å². The fourth-order valence-electron chi connectivity index (χ4n) is 16.0. The third kappa shape index (κ3) is 27.8. The highest BCUT2D eigenvalue weighted by molar-refractivity contribution is 7.98. The molecule has 15 rings (SSSR count). The largest absolute Gasteiger partial charge is 0.467 e. The van der Waals surface area contributed by atoms with E-state index < -0.39 is 157 Å². The summed E-state index contributed by atoms with van der Waals surface area (Å²) in [4.78, 5) is 65.4. The van der Waals surface area contributed by atoms with Crippen LogP contribution in [0.3, 0.4) is 0 Å². The molecule has 18 N–H and O–H groups in total. The van der Waals surface area contributed by atoms with Crippen LogP contribution in [0, 0.1) is 13.8 Å². The number of unbranched alkanes of at least 4 members (excludes halogenated alkanes) is 1. The lowest BCUT2D eigenvalue weighted by atomic mass is 10.1. The minimum absolute atomic E-state index is 0.182. The van der Waals surface area contributed by atoms with Crippen LogP contribution in [0.25, 0.3) is 55.8 Å². The molecule has 5 aliphatic heterocycles. The summed E-state index contributed by atoms with van der Waals surface area (Å²) in [6.45, 7) is 30.4. The number of ether oxygens (including phenoxy) is 6. The number of nitrogens with one attached hydrogen (secondary N) is 2. The molecule has 10 aromatic rings. The van der Waals surface area contributed by atoms with E-state index in [0.717, 1.165) is 62.9 Å². The fraction of sp³-hybridized carbons (Fsp3) is 0.622. The Balaban J connectivity index is 0.000000165. The van der Waals surface area contributed by atoms with Gasteiger partial charge >= 0.3 is 6.01 Å². The minimum atomic E-state index is -1.26. The van der Waals surface area contributed by atoms with Gasteiger partial charge < -0.3 is 107 Å². The highest BCUT2D eigenvalue weighted by Gasteiger charge is 2.50. The van der Waals surface area contributed by atoms with Crippen molar-refractivity contribution in [2.24, 2.45) is 0 Å². The lowest BCUT2D eigenvalue weighted by Crippen LogP contribution is -2.31. The SMILES string of the molecule is C=P(C)(C)CC[C@H]1OC(n2cnc3c(N)nc(C)nc32)[C@H](O)[C@@H]1O.C=P(C)(C)CC[C@H]1OC(n2cnc3c(N)nc(C)nc32)[C@H](O)[C@@H]1O.C=P(C)(C)CC[C@H]1OC(n2cnc3c(N)nc(CCCC)nc32)[C@H](O)[C@@H]1O.C=P(C)(C)CC[C@H]1OC(n2cnc3c(NC/C=C(/C)CC)nc(OC)nc32)[C@H](O)[C@@H]1O.C=P(C)(C)CC[C@H]1OC(n2cnc3c(NC/C=C(/C)CC)nc(SC)nc32)[C@H](O)[C@@H]1O. The van der Waals surface area contributed by atoms with Crippen LogP contribution >= 0.6 is 46.2 Å². The zero-order valence-electron chi connectivity index (χ0n) is 82.4. The number of aromatic nitrogens is 20. The Morgan fingerprint density at radius 3 is 0.964 bits per heavy atom. The first-order chi connectivity index (χ1) is 64.3. The molecule has 0 aromatic carbocycles. The van der Waals surface area contributed by atoms with Gasteiger partial charge in [-0.15, -0.1) is 65.9 Å². The number of nitrogen functional groups attached to an aromatic ring is 3. The third-order valence-electron chi connectivity index (χ3n) is 24.2. The predicted molar refractivity (Wildman–Crippen MR) is 558 cm³/mol. The second kappa shape index (κ2) is 46.6. The number of aliphatic hydroxyl groups is 10. The molecule has 41 nitrogen and oxygen atoms in total. The monoisotopic (exact) mass is 2020 g/mol. The predicted octanol–water partition coefficient (Wildman–Crippen LogP) is 7.70. The van der Waals surface area contributed by atoms with Crippen molar-refractivity contribution in [1.29, 1.82) is 0 Å². The van der Waals surface area contributed by atoms with Crippen molar-refractivity contribution in [2.75, 3.05) is 152 Å². The molecule has 0 spiro atoms. The van der Waals surface area contributed by atoms with Gasteiger partial charge in [0.25, 0.3) is 0 Å². The van der Waals surface area contributed by atoms with E-state index in [1.807, 2.05) is 6.26 Å². The van der Waals surface area contributed by atoms with Crippen molar-refractivity contribution >= 4 is 163 Å². The van der Waals surface area contributed by atoms with Gasteiger partial charge in [0.15, 0.2) is 105 Å². The smallest absolute Gasteiger partial charge is 0.320 e. The summed E-state index contributed by atoms with van der Waals surface area (Å²) < 4.78 is 43.5. The van der Waals surface area contributed by atoms with E-state index in [-0.39, 0.29) is 17.6 Å². The van der Waals surface area contributed by atoms with Crippen LogP contribution in [0.2, 0.25) is 0 Å². The van der Waals surface area contributed by atoms with E-state index in [4.69, 9.17) is 45.6 Å². The summed E-state index contributed by atoms with van der Waals surface area (Å²) in [5.41, 5.74) is 25.4. The number of methoxy groups -OCH3 is 1. The van der Waals surface area contributed by atoms with Crippen molar-refractivity contribution in [3.63, 3.8) is 0 Å². The molecule has 758 valence electrons. The standard InChI is InChI=1S/C21H34N5O4P.C21H34N5O3PS.C18H30N5O3P.2C15H24N5O3P/c1-7-13(2)8-10-22-18-15-19(25-21(24-18)29-3)26(12-23-15)20-17(28)16(27)14(30-20)9-11-31(4,5)6;1-7-13(2)8-10-22-18-15-19(25-21(24-18)31-6)26(12-23-15)20-17(28)16(27)14(29-20)9-11-30(3,4)5;1-5-6-7-12-21-16(19)13-17(22-12)23(10-20-13)18-15(25)14(24)11(26-18)8-9-27(2,3)4;2*1-8-18-13(16)10-14(19-8)20(7-17-10)15-12(22)11(21)9(23-15)5-6-24(2,3)4/h8,12,14,16-17,20,27-28H,4,7,9-11H2,1-3,5-6H3,(H,22,24,25);8,12,14,16-17,20,27-28H,3,7,9-11H2,1-2,4-6H3,(H,22,24,25);10-11,14-15,18,24-25H,2,5-9H2,1,3-4H3,(H2,19,21,22);2*7,9,11-12,15,21-22H,2,5-6H2,1,3-4H3,(H2,16,18,19)/b2*13-8-;;;/t2*14-,16-,17-,20?;11-,14-,15-,18?;2*9-,11-,12-,15?/m11111/s1. The Labute approximate surface area is 805 Å². The number of nitrogens with two attached hydrogens (primary N) is 3. The molecule has 0 saturated carbocycles. The maximum absolute atomic E-state index is 10.7. The quantitative estimate of drug-likeness (QED) is 0.00810. The fourth-order valence-corrected chi connectivity index (χ4v) is 21.1. The van der Waals surface area contributed by atoms with Gasteiger partial charge in [-0.25, -0.2) is 64.8 Å². The van der Waals surface area contributed by atoms with E-state index in [9.17, 15) is 51.1 Å². The number of thioether (sulfide) groups is 1. The first-order valence-corrected chi connectivity index (χ1v) is 62.6. The molecule has 15 heterocycles. The van der Waals surface area contributed by atoms with Gasteiger partial charge in [-0.05, 0) is 183 Å². The van der Waals surface area contributed by atoms with Crippen LogP contribution < -0.4 is 32.6 Å². The van der Waals surface area contributed by atoms with Crippen LogP contribution in [0.1, 0.15) is 141 Å². The lowest BCUT2D eigenvalue weighted by molar-refractivity contribution is -0.0353. The van der Waals surface area contributed by atoms with Crippen LogP contribution in [0.5, 0.6) is 6.01 Å². The average Bonchev–Trinajstić information content (AvgIpc) is 1.63. The number of hydrogen-bond donors (Lipinski definition) is 15. The van der Waals surface area contributed by atoms with Gasteiger partial charge in [0.1, 0.15) is 95.1 Å². The molecular weight excluding hydrogens is 1870 g/mol. The molecule has 5 fully saturated rings. The third-order valence-corrected chi connectivity index (χ3v) is 32.1. The summed E-state index contributed by atoms with van der Waals surface area (Å²) >= 11 is 1.43. The van der Waals surface area contributed by atoms with Crippen molar-refractivity contribution in [3.05, 3.63) is 72.4 Å². The number of aryl methyl sites for hydroxylation is 3. The number of imidazole rings is 5. The van der Waals surface area contributed by atoms with Crippen molar-refractivity contribution < 1.29 is 79.5 Å². The van der Waals surface area contributed by atoms with E-state index in [1.54, 1.807) is 55.7 Å². The second-order valence-electron chi connectivity index (χ2n) is 39.2. The summed E-state index contributed by atoms with van der Waals surface area (Å²) in [7, 11) is 1.50. The zero-order chi connectivity index (χ0) is 101. The second-order valence-corrected chi connectivity index (χ2v) is 61.6. The van der Waals surface area contributed by atoms with E-state index in [2.05, 4.69) is 230 Å². The minimum Gasteiger partial charge on any atom is -0.467 e. The van der Waals surface area contributed by atoms with E-state index >= 15 is 0 Å². The van der Waals surface area contributed by atoms with Crippen LogP contribution in [0.15, 0.2) is 60.1 Å². The number of nitrogens with zero attached hydrogens (tertiary/aromatic N) is 20. The first-order valence-electron chi connectivity index (χ1n) is 46.1. The molecule has 5 aliphatic rings. The maximum Gasteiger partial charge on any atom is 0.320 e. The Hall–Kier alpha value is -7.72. The average molecular weight is 2020 g/mol. The van der Waals surface area contributed by atoms with Crippen LogP contribution in [0.4, 0.5) is 29.1 Å². The Kier molecular flexibility index (Phi) is 37.3. The molecular formula is C90H146N25O16P5S. The number of rotatable bonds is 33. The molecule has 0 aliphatic carbocycles. The van der Waals surface area contributed by atoms with Gasteiger partial charge in [-0.2, -0.15) is 9.97 Å². The molecule has 0 radical (unpaired) electrons. The topological polar surface area (TPSA) is 578 Å². The van der Waals surface area contributed by atoms with Crippen LogP contribution in [-0.2, 0) is 30.1 Å². The molecule has 5 unspecified atom stereocenters. The normalized spacial score (nSPS) is 26.1. The van der Waals surface area contributed by atoms with Gasteiger partial charge in [-0.3, -0.25) is 22.8 Å². The highest BCUT2D eigenvalue weighted by Crippen LogP contribution is 2.47. The Morgan fingerprint density at radius 2 is 0.679 bits per heavy atom. The summed E-state index contributed by atoms with van der Waals surface area (Å²) in [5, 5.41) is 112. The number of fused-ring (bicyclic) bond motifs is 5. The van der Waals surface area contributed by atoms with E-state index in [0.29, 0.717) is 141 Å². The Bertz CT molecular complexity index is 5820. The molecule has 0 amide bonds. The summed E-state index contributed by atoms with van der Waals surface area (Å²) in [6.07, 6.45) is 31.0. The molecule has 0 bridgehead atoms. The van der Waals surface area contributed by atoms with Gasteiger partial charge in [0.2, 0.25) is 0 Å². The molecule has 47 heteroatoms. The summed E-state index contributed by atoms with van der Waals surface area (Å²) in [6, 6.07) is 0.182. The van der Waals surface area contributed by atoms with E-state index in [1.165, 1.54) is 42.7 Å². The first kappa shape index (κ1) is 110. The molecule has 137 heavy (non-hydrogen) atoms. The number of anilines is 5. The van der Waals surface area contributed by atoms with Crippen molar-refractivity contribution in [2.45, 2.75) is 241 Å². The molecule has 10 aromatic heterocycles. The number of aliphatic hydroxyl groups excluding tert-OH is 10. The van der Waals surface area contributed by atoms with Crippen molar-refractivity contribution in [3.8, 4) is 6.01 Å². The maximum atomic E-state index is 10.7.